The molecule has 2 bridgehead atoms. The number of amidine groups is 1. The van der Waals surface area contributed by atoms with Gasteiger partial charge >= 0.3 is 0 Å². The molecule has 1 aromatic rings. The molecule has 2 aliphatic carbocycles. The molecule has 1 spiro atoms. The van der Waals surface area contributed by atoms with E-state index in [4.69, 9.17) is 14.5 Å². The van der Waals surface area contributed by atoms with E-state index in [1.54, 1.807) is 7.11 Å². The van der Waals surface area contributed by atoms with Crippen molar-refractivity contribution in [2.45, 2.75) is 43.6 Å². The molecule has 4 aliphatic rings. The van der Waals surface area contributed by atoms with Gasteiger partial charge in [0.15, 0.2) is 0 Å². The molecular weight excluding hydrogens is 312 g/mol. The number of ether oxygens (including phenoxy) is 2. The zero-order chi connectivity index (χ0) is 16.9. The summed E-state index contributed by atoms with van der Waals surface area (Å²) in [5.74, 6) is 4.49. The van der Waals surface area contributed by atoms with Crippen LogP contribution in [0.1, 0.15) is 43.6 Å². The van der Waals surface area contributed by atoms with Gasteiger partial charge in [0.2, 0.25) is 0 Å². The molecule has 1 saturated heterocycles. The average Bonchev–Trinajstić information content (AvgIpc) is 3.38. The van der Waals surface area contributed by atoms with Crippen LogP contribution in [0.5, 0.6) is 5.75 Å². The molecule has 4 atom stereocenters. The minimum atomic E-state index is 0.158. The van der Waals surface area contributed by atoms with Crippen LogP contribution in [-0.4, -0.2) is 49.7 Å². The van der Waals surface area contributed by atoms with Crippen LogP contribution in [0.15, 0.2) is 29.3 Å². The van der Waals surface area contributed by atoms with Crippen molar-refractivity contribution in [3.05, 3.63) is 29.8 Å². The summed E-state index contributed by atoms with van der Waals surface area (Å²) in [5, 5.41) is 0. The van der Waals surface area contributed by atoms with Crippen LogP contribution in [0.2, 0.25) is 0 Å². The van der Waals surface area contributed by atoms with Gasteiger partial charge in [-0.15, -0.1) is 0 Å². The molecule has 5 rings (SSSR count). The van der Waals surface area contributed by atoms with Crippen LogP contribution in [0.3, 0.4) is 0 Å². The van der Waals surface area contributed by atoms with E-state index < -0.39 is 0 Å². The number of hydrogen-bond acceptors (Lipinski definition) is 4. The zero-order valence-corrected chi connectivity index (χ0v) is 15.1. The van der Waals surface area contributed by atoms with E-state index in [9.17, 15) is 0 Å². The van der Waals surface area contributed by atoms with Crippen molar-refractivity contribution in [2.24, 2.45) is 16.8 Å². The first-order chi connectivity index (χ1) is 12.3. The zero-order valence-electron chi connectivity index (χ0n) is 15.1. The number of rotatable bonds is 2. The predicted octanol–water partition coefficient (Wildman–Crippen LogP) is 3.47. The highest BCUT2D eigenvalue weighted by Crippen LogP contribution is 2.63. The van der Waals surface area contributed by atoms with Gasteiger partial charge in [0.05, 0.1) is 31.7 Å². The van der Waals surface area contributed by atoms with Crippen LogP contribution < -0.4 is 4.74 Å². The second kappa shape index (κ2) is 6.01. The van der Waals surface area contributed by atoms with Crippen LogP contribution >= 0.6 is 0 Å². The number of aliphatic imine (C=N–C) groups is 1. The predicted molar refractivity (Wildman–Crippen MR) is 98.4 cm³/mol. The van der Waals surface area contributed by atoms with Gasteiger partial charge in [0.1, 0.15) is 5.75 Å². The van der Waals surface area contributed by atoms with Crippen LogP contribution in [0.4, 0.5) is 0 Å². The van der Waals surface area contributed by atoms with E-state index in [-0.39, 0.29) is 5.54 Å². The van der Waals surface area contributed by atoms with E-state index in [0.717, 1.165) is 50.3 Å². The van der Waals surface area contributed by atoms with E-state index in [0.29, 0.717) is 5.92 Å². The van der Waals surface area contributed by atoms with E-state index in [1.807, 2.05) is 0 Å². The fraction of sp³-hybridized carbons (Fsp3) is 0.667. The fourth-order valence-electron chi connectivity index (χ4n) is 6.04. The van der Waals surface area contributed by atoms with E-state index >= 15 is 0 Å². The molecule has 4 nitrogen and oxygen atoms in total. The Morgan fingerprint density at radius 3 is 2.72 bits per heavy atom. The van der Waals surface area contributed by atoms with Gasteiger partial charge in [-0.2, -0.15) is 0 Å². The molecule has 0 radical (unpaired) electrons. The van der Waals surface area contributed by atoms with Crippen molar-refractivity contribution in [3.63, 3.8) is 0 Å². The smallest absolute Gasteiger partial charge is 0.118 e. The van der Waals surface area contributed by atoms with Crippen molar-refractivity contribution in [2.75, 3.05) is 33.4 Å². The summed E-state index contributed by atoms with van der Waals surface area (Å²) >= 11 is 0. The Morgan fingerprint density at radius 1 is 1.16 bits per heavy atom. The van der Waals surface area contributed by atoms with Crippen molar-refractivity contribution in [1.82, 2.24) is 4.90 Å². The summed E-state index contributed by atoms with van der Waals surface area (Å²) in [6.07, 6.45) is 6.51. The highest BCUT2D eigenvalue weighted by atomic mass is 16.5. The highest BCUT2D eigenvalue weighted by molar-refractivity contribution is 5.85. The van der Waals surface area contributed by atoms with Gasteiger partial charge in [-0.3, -0.25) is 4.99 Å². The van der Waals surface area contributed by atoms with Gasteiger partial charge in [-0.1, -0.05) is 12.1 Å². The maximum absolute atomic E-state index is 5.53. The first-order valence-electron chi connectivity index (χ1n) is 9.85. The van der Waals surface area contributed by atoms with Crippen LogP contribution in [0, 0.1) is 11.8 Å². The second-order valence-corrected chi connectivity index (χ2v) is 8.14. The molecule has 2 heterocycles. The molecular formula is C21H28N2O2. The number of hydrogen-bond donors (Lipinski definition) is 0. The summed E-state index contributed by atoms with van der Waals surface area (Å²) in [4.78, 5) is 7.96. The third kappa shape index (κ3) is 2.41. The summed E-state index contributed by atoms with van der Waals surface area (Å²) in [7, 11) is 1.74. The summed E-state index contributed by atoms with van der Waals surface area (Å²) in [5.41, 5.74) is 1.63. The molecule has 1 aromatic carbocycles. The maximum Gasteiger partial charge on any atom is 0.118 e. The number of methoxy groups -OCH3 is 1. The molecule has 0 amide bonds. The Hall–Kier alpha value is -1.55. The lowest BCUT2D eigenvalue weighted by Gasteiger charge is -2.39. The maximum atomic E-state index is 5.53. The van der Waals surface area contributed by atoms with E-state index in [2.05, 4.69) is 29.2 Å². The van der Waals surface area contributed by atoms with E-state index in [1.165, 1.54) is 37.1 Å². The Bertz CT molecular complexity index is 665. The van der Waals surface area contributed by atoms with Gasteiger partial charge in [-0.05, 0) is 55.2 Å². The first kappa shape index (κ1) is 15.7. The minimum Gasteiger partial charge on any atom is -0.497 e. The summed E-state index contributed by atoms with van der Waals surface area (Å²) in [6.45, 7) is 3.71. The average molecular weight is 340 g/mol. The van der Waals surface area contributed by atoms with Crippen molar-refractivity contribution >= 4 is 5.84 Å². The van der Waals surface area contributed by atoms with Crippen molar-refractivity contribution in [3.8, 4) is 5.75 Å². The fourth-order valence-corrected chi connectivity index (χ4v) is 6.04. The Kier molecular flexibility index (Phi) is 3.77. The molecule has 2 aliphatic heterocycles. The summed E-state index contributed by atoms with van der Waals surface area (Å²) in [6, 6.07) is 8.82. The molecule has 2 saturated carbocycles. The third-order valence-electron chi connectivity index (χ3n) is 7.13. The van der Waals surface area contributed by atoms with Gasteiger partial charge in [-0.25, -0.2) is 0 Å². The molecule has 0 N–H and O–H groups in total. The molecule has 0 aromatic heterocycles. The lowest BCUT2D eigenvalue weighted by atomic mass is 9.69. The normalized spacial score (nSPS) is 36.9. The molecule has 134 valence electrons. The standard InChI is InChI=1S/C21H28N2O2/c1-24-18-6-3-15(4-7-18)20-16-2-5-17(14-16)21(20)9-8-19(22-21)23-10-12-25-13-11-23/h3-4,6-7,16-17,20H,2,5,8-14H2,1H3. The lowest BCUT2D eigenvalue weighted by Crippen LogP contribution is -2.41. The monoisotopic (exact) mass is 340 g/mol. The second-order valence-electron chi connectivity index (χ2n) is 8.14. The van der Waals surface area contributed by atoms with Crippen molar-refractivity contribution in [1.29, 1.82) is 0 Å². The topological polar surface area (TPSA) is 34.1 Å². The largest absolute Gasteiger partial charge is 0.497 e. The first-order valence-corrected chi connectivity index (χ1v) is 9.85. The molecule has 25 heavy (non-hydrogen) atoms. The van der Waals surface area contributed by atoms with Crippen LogP contribution in [-0.2, 0) is 4.74 Å². The minimum absolute atomic E-state index is 0.158. The van der Waals surface area contributed by atoms with Crippen LogP contribution in [0.25, 0.3) is 0 Å². The van der Waals surface area contributed by atoms with Gasteiger partial charge in [0.25, 0.3) is 0 Å². The quantitative estimate of drug-likeness (QED) is 0.827. The number of nitrogens with zero attached hydrogens (tertiary/aromatic N) is 2. The highest BCUT2D eigenvalue weighted by Gasteiger charge is 2.60. The Balaban J connectivity index is 1.48. The van der Waals surface area contributed by atoms with Gasteiger partial charge in [0, 0.05) is 25.4 Å². The number of benzene rings is 1. The van der Waals surface area contributed by atoms with Crippen molar-refractivity contribution < 1.29 is 9.47 Å². The Labute approximate surface area is 150 Å². The molecule has 3 fully saturated rings. The third-order valence-corrected chi connectivity index (χ3v) is 7.13. The SMILES string of the molecule is COc1ccc(C2C3CCC(C3)C23CCC(N2CCOCC2)=N3)cc1. The number of morpholine rings is 1. The summed E-state index contributed by atoms with van der Waals surface area (Å²) < 4.78 is 10.9. The molecule has 4 unspecified atom stereocenters. The lowest BCUT2D eigenvalue weighted by molar-refractivity contribution is 0.0674. The molecule has 4 heteroatoms. The van der Waals surface area contributed by atoms with Gasteiger partial charge < -0.3 is 14.4 Å². The Morgan fingerprint density at radius 2 is 1.96 bits per heavy atom. The number of fused-ring (bicyclic) bond motifs is 3.